The lowest BCUT2D eigenvalue weighted by Gasteiger charge is -2.35. The second-order valence-corrected chi connectivity index (χ2v) is 12.9. The Morgan fingerprint density at radius 1 is 1.14 bits per heavy atom. The molecule has 2 heterocycles. The lowest BCUT2D eigenvalue weighted by molar-refractivity contribution is -0.144. The van der Waals surface area contributed by atoms with E-state index in [1.807, 2.05) is 0 Å². The molecule has 13 nitrogen and oxygen atoms in total. The van der Waals surface area contributed by atoms with Gasteiger partial charge < -0.3 is 30.7 Å². The molecule has 0 unspecified atom stereocenters. The fourth-order valence-electron chi connectivity index (χ4n) is 5.47. The Kier molecular flexibility index (Phi) is 9.24. The van der Waals surface area contributed by atoms with Crippen LogP contribution in [0.2, 0.25) is 5.02 Å². The molecule has 0 aromatic heterocycles. The van der Waals surface area contributed by atoms with Crippen molar-refractivity contribution < 1.29 is 38.6 Å². The summed E-state index contributed by atoms with van der Waals surface area (Å²) in [6, 6.07) is 2.94. The summed E-state index contributed by atoms with van der Waals surface area (Å²) in [5.74, 6) is -2.96. The Morgan fingerprint density at radius 2 is 1.84 bits per heavy atom. The highest BCUT2D eigenvalue weighted by Crippen LogP contribution is 2.39. The second-order valence-electron chi connectivity index (χ2n) is 12.5. The standard InChI is InChI=1S/C29H38ClN5O8/c1-5-7-19(21(36)24(38)31-17-10-11-17)32-23(37)20-13-29(14-34(27(42)43-29)18-9-6-8-16(30)12-18)15-35(20)25(39)22(28(2,3)4)33-26(40)41/h6,8-9,12,17,19-20,22,33H,5,7,10-11,13-15H2,1-4H3,(H,31,38)(H,32,37)(H,40,41)/t19-,20-,22+,29+/m0/s1. The van der Waals surface area contributed by atoms with E-state index in [0.29, 0.717) is 17.1 Å². The van der Waals surface area contributed by atoms with E-state index in [4.69, 9.17) is 16.3 Å². The summed E-state index contributed by atoms with van der Waals surface area (Å²) < 4.78 is 5.82. The largest absolute Gasteiger partial charge is 0.465 e. The van der Waals surface area contributed by atoms with E-state index in [-0.39, 0.29) is 32.0 Å². The Morgan fingerprint density at radius 3 is 2.42 bits per heavy atom. The minimum atomic E-state index is -1.42. The first-order valence-electron chi connectivity index (χ1n) is 14.3. The highest BCUT2D eigenvalue weighted by molar-refractivity contribution is 6.38. The normalized spacial score (nSPS) is 23.0. The van der Waals surface area contributed by atoms with Gasteiger partial charge in [-0.3, -0.25) is 24.1 Å². The van der Waals surface area contributed by atoms with Crippen LogP contribution in [0, 0.1) is 5.41 Å². The quantitative estimate of drug-likeness (QED) is 0.289. The first-order chi connectivity index (χ1) is 20.1. The lowest BCUT2D eigenvalue weighted by Crippen LogP contribution is -2.59. The zero-order chi connectivity index (χ0) is 31.7. The molecular weight excluding hydrogens is 582 g/mol. The molecule has 4 atom stereocenters. The zero-order valence-corrected chi connectivity index (χ0v) is 25.4. The van der Waals surface area contributed by atoms with Crippen LogP contribution in [-0.2, 0) is 23.9 Å². The summed E-state index contributed by atoms with van der Waals surface area (Å²) in [4.78, 5) is 80.5. The molecule has 2 aliphatic heterocycles. The van der Waals surface area contributed by atoms with Crippen LogP contribution in [0.3, 0.4) is 0 Å². The summed E-state index contributed by atoms with van der Waals surface area (Å²) in [5, 5.41) is 17.4. The molecule has 5 amide bonds. The molecule has 1 aliphatic carbocycles. The summed E-state index contributed by atoms with van der Waals surface area (Å²) in [6.45, 7) is 6.63. The van der Waals surface area contributed by atoms with E-state index in [1.165, 1.54) is 9.80 Å². The van der Waals surface area contributed by atoms with Crippen LogP contribution in [0.15, 0.2) is 24.3 Å². The molecule has 4 rings (SSSR count). The molecule has 1 aromatic rings. The van der Waals surface area contributed by atoms with Gasteiger partial charge in [-0.1, -0.05) is 51.8 Å². The van der Waals surface area contributed by atoms with E-state index in [0.717, 1.165) is 12.8 Å². The number of carbonyl (C=O) groups is 6. The summed E-state index contributed by atoms with van der Waals surface area (Å²) in [7, 11) is 0. The van der Waals surface area contributed by atoms with E-state index in [1.54, 1.807) is 52.0 Å². The van der Waals surface area contributed by atoms with Gasteiger partial charge in [-0.25, -0.2) is 9.59 Å². The van der Waals surface area contributed by atoms with Crippen LogP contribution >= 0.6 is 11.6 Å². The first-order valence-corrected chi connectivity index (χ1v) is 14.7. The van der Waals surface area contributed by atoms with Gasteiger partial charge in [-0.05, 0) is 42.9 Å². The number of benzene rings is 1. The van der Waals surface area contributed by atoms with Crippen molar-refractivity contribution in [2.75, 3.05) is 18.0 Å². The van der Waals surface area contributed by atoms with Crippen LogP contribution in [0.5, 0.6) is 0 Å². The van der Waals surface area contributed by atoms with Crippen molar-refractivity contribution >= 4 is 53.0 Å². The topological polar surface area (TPSA) is 174 Å². The molecule has 3 aliphatic rings. The fraction of sp³-hybridized carbons (Fsp3) is 0.586. The molecule has 4 N–H and O–H groups in total. The monoisotopic (exact) mass is 619 g/mol. The van der Waals surface area contributed by atoms with Crippen molar-refractivity contribution in [3.63, 3.8) is 0 Å². The Labute approximate surface area is 254 Å². The van der Waals surface area contributed by atoms with Gasteiger partial charge in [0, 0.05) is 23.2 Å². The van der Waals surface area contributed by atoms with Gasteiger partial charge in [0.1, 0.15) is 12.1 Å². The molecule has 0 bridgehead atoms. The highest BCUT2D eigenvalue weighted by atomic mass is 35.5. The van der Waals surface area contributed by atoms with Crippen LogP contribution in [0.1, 0.15) is 59.8 Å². The van der Waals surface area contributed by atoms with E-state index < -0.39 is 64.8 Å². The molecular formula is C29H38ClN5O8. The maximum Gasteiger partial charge on any atom is 0.415 e. The molecule has 1 aromatic carbocycles. The van der Waals surface area contributed by atoms with E-state index in [2.05, 4.69) is 16.0 Å². The van der Waals surface area contributed by atoms with Crippen molar-refractivity contribution in [1.29, 1.82) is 0 Å². The molecule has 0 radical (unpaired) electrons. The minimum absolute atomic E-state index is 0.00655. The predicted octanol–water partition coefficient (Wildman–Crippen LogP) is 2.45. The molecule has 2 saturated heterocycles. The van der Waals surface area contributed by atoms with Gasteiger partial charge in [-0.2, -0.15) is 0 Å². The summed E-state index contributed by atoms with van der Waals surface area (Å²) in [6.07, 6.45) is 0.0340. The van der Waals surface area contributed by atoms with Crippen molar-refractivity contribution in [2.45, 2.75) is 89.6 Å². The third-order valence-electron chi connectivity index (χ3n) is 7.80. The number of rotatable bonds is 10. The SMILES string of the molecule is CCC[C@H](NC(=O)[C@@H]1C[C@@]2(CN(c3cccc(Cl)c3)C(=O)O2)CN1C(=O)[C@@H](NC(=O)O)C(C)(C)C)C(=O)C(=O)NC1CC1. The van der Waals surface area contributed by atoms with Crippen molar-refractivity contribution in [3.8, 4) is 0 Å². The van der Waals surface area contributed by atoms with Crippen LogP contribution < -0.4 is 20.9 Å². The molecule has 1 saturated carbocycles. The summed E-state index contributed by atoms with van der Waals surface area (Å²) >= 11 is 6.13. The number of hydrogen-bond donors (Lipinski definition) is 4. The predicted molar refractivity (Wildman–Crippen MR) is 156 cm³/mol. The van der Waals surface area contributed by atoms with Crippen molar-refractivity contribution in [2.24, 2.45) is 5.41 Å². The summed E-state index contributed by atoms with van der Waals surface area (Å²) in [5.41, 5.74) is -1.72. The Balaban J connectivity index is 1.63. The number of hydrogen-bond acceptors (Lipinski definition) is 7. The Bertz CT molecular complexity index is 1310. The molecule has 43 heavy (non-hydrogen) atoms. The number of amides is 5. The molecule has 14 heteroatoms. The number of carboxylic acid groups (broad SMARTS) is 1. The van der Waals surface area contributed by atoms with Gasteiger partial charge in [0.2, 0.25) is 17.6 Å². The number of ketones is 1. The minimum Gasteiger partial charge on any atom is -0.465 e. The average Bonchev–Trinajstić information content (AvgIpc) is 3.57. The van der Waals surface area contributed by atoms with Crippen molar-refractivity contribution in [1.82, 2.24) is 20.9 Å². The molecule has 3 fully saturated rings. The molecule has 234 valence electrons. The maximum atomic E-state index is 14.0. The van der Waals surface area contributed by atoms with Crippen molar-refractivity contribution in [3.05, 3.63) is 29.3 Å². The molecule has 1 spiro atoms. The second kappa shape index (κ2) is 12.4. The van der Waals surface area contributed by atoms with Gasteiger partial charge in [0.25, 0.3) is 5.91 Å². The number of halogens is 1. The number of nitrogens with zero attached hydrogens (tertiary/aromatic N) is 2. The third kappa shape index (κ3) is 7.38. The number of carbonyl (C=O) groups excluding carboxylic acids is 5. The van der Waals surface area contributed by atoms with Gasteiger partial charge in [0.15, 0.2) is 5.60 Å². The fourth-order valence-corrected chi connectivity index (χ4v) is 5.66. The maximum absolute atomic E-state index is 14.0. The van der Waals surface area contributed by atoms with Gasteiger partial charge in [-0.15, -0.1) is 0 Å². The smallest absolute Gasteiger partial charge is 0.415 e. The van der Waals surface area contributed by atoms with Crippen LogP contribution in [0.25, 0.3) is 0 Å². The van der Waals surface area contributed by atoms with Crippen LogP contribution in [0.4, 0.5) is 15.3 Å². The zero-order valence-electron chi connectivity index (χ0n) is 24.6. The third-order valence-corrected chi connectivity index (χ3v) is 8.04. The number of nitrogens with one attached hydrogen (secondary N) is 3. The van der Waals surface area contributed by atoms with Gasteiger partial charge in [0.05, 0.1) is 19.1 Å². The number of anilines is 1. The number of ether oxygens (including phenoxy) is 1. The van der Waals surface area contributed by atoms with Gasteiger partial charge >= 0.3 is 12.2 Å². The lowest BCUT2D eigenvalue weighted by atomic mass is 9.85. The Hall–Kier alpha value is -3.87. The average molecular weight is 620 g/mol. The van der Waals surface area contributed by atoms with E-state index >= 15 is 0 Å². The van der Waals surface area contributed by atoms with Crippen LogP contribution in [-0.4, -0.2) is 88.6 Å². The highest BCUT2D eigenvalue weighted by Gasteiger charge is 2.58. The first kappa shape index (κ1) is 32.1. The van der Waals surface area contributed by atoms with E-state index in [9.17, 15) is 33.9 Å². The number of Topliss-reactive ketones (excluding diaryl/α,β-unsaturated/α-hetero) is 1. The number of likely N-dealkylation sites (tertiary alicyclic amines) is 1.